The minimum Gasteiger partial charge on any atom is -0.464 e. The van der Waals surface area contributed by atoms with Crippen molar-refractivity contribution >= 4 is 5.97 Å². The standard InChI is InChI=1S/C14H27NO3/c1-2-3-4-5-6-11-17-14(16)12-18-13-7-9-15-10-8-13/h13,15H,2-12H2,1H3. The fraction of sp³-hybridized carbons (Fsp3) is 0.929. The Hall–Kier alpha value is -0.610. The van der Waals surface area contributed by atoms with Gasteiger partial charge >= 0.3 is 5.97 Å². The van der Waals surface area contributed by atoms with E-state index in [0.717, 1.165) is 38.8 Å². The van der Waals surface area contributed by atoms with Gasteiger partial charge in [-0.3, -0.25) is 0 Å². The Balaban J connectivity index is 1.90. The molecule has 0 bridgehead atoms. The highest BCUT2D eigenvalue weighted by Crippen LogP contribution is 2.07. The topological polar surface area (TPSA) is 47.6 Å². The third kappa shape index (κ3) is 7.67. The molecule has 0 aliphatic carbocycles. The number of carbonyl (C=O) groups excluding carboxylic acids is 1. The Kier molecular flexibility index (Phi) is 8.86. The van der Waals surface area contributed by atoms with Crippen LogP contribution in [0.2, 0.25) is 0 Å². The Morgan fingerprint density at radius 3 is 2.61 bits per heavy atom. The van der Waals surface area contributed by atoms with Crippen LogP contribution in [0.5, 0.6) is 0 Å². The van der Waals surface area contributed by atoms with Gasteiger partial charge in [-0.25, -0.2) is 4.79 Å². The second-order valence-corrected chi connectivity index (χ2v) is 4.90. The first-order chi connectivity index (χ1) is 8.83. The molecule has 1 saturated heterocycles. The predicted octanol–water partition coefficient (Wildman–Crippen LogP) is 2.27. The molecule has 4 nitrogen and oxygen atoms in total. The summed E-state index contributed by atoms with van der Waals surface area (Å²) in [5.41, 5.74) is 0. The zero-order chi connectivity index (χ0) is 13.1. The van der Waals surface area contributed by atoms with Gasteiger partial charge < -0.3 is 14.8 Å². The van der Waals surface area contributed by atoms with Crippen LogP contribution in [0.15, 0.2) is 0 Å². The summed E-state index contributed by atoms with van der Waals surface area (Å²) in [5, 5.41) is 3.26. The first-order valence-electron chi connectivity index (χ1n) is 7.31. The van der Waals surface area contributed by atoms with Gasteiger partial charge in [0.1, 0.15) is 6.61 Å². The lowest BCUT2D eigenvalue weighted by Gasteiger charge is -2.22. The third-order valence-corrected chi connectivity index (χ3v) is 3.23. The van der Waals surface area contributed by atoms with Crippen molar-refractivity contribution in [2.45, 2.75) is 58.0 Å². The first kappa shape index (κ1) is 15.4. The smallest absolute Gasteiger partial charge is 0.332 e. The van der Waals surface area contributed by atoms with Crippen LogP contribution in [0.4, 0.5) is 0 Å². The van der Waals surface area contributed by atoms with E-state index >= 15 is 0 Å². The summed E-state index contributed by atoms with van der Waals surface area (Å²) < 4.78 is 10.7. The first-order valence-corrected chi connectivity index (χ1v) is 7.31. The van der Waals surface area contributed by atoms with E-state index in [1.807, 2.05) is 0 Å². The van der Waals surface area contributed by atoms with Crippen molar-refractivity contribution in [1.82, 2.24) is 5.32 Å². The molecule has 0 saturated carbocycles. The van der Waals surface area contributed by atoms with Gasteiger partial charge in [-0.1, -0.05) is 32.6 Å². The molecule has 0 spiro atoms. The molecule has 0 aromatic heterocycles. The van der Waals surface area contributed by atoms with Crippen LogP contribution in [0.25, 0.3) is 0 Å². The lowest BCUT2D eigenvalue weighted by Crippen LogP contribution is -2.33. The number of hydrogen-bond acceptors (Lipinski definition) is 4. The van der Waals surface area contributed by atoms with Gasteiger partial charge in [-0.05, 0) is 32.4 Å². The van der Waals surface area contributed by atoms with Crippen LogP contribution in [0.3, 0.4) is 0 Å². The molecule has 1 rings (SSSR count). The molecule has 4 heteroatoms. The number of esters is 1. The summed E-state index contributed by atoms with van der Waals surface area (Å²) >= 11 is 0. The van der Waals surface area contributed by atoms with Crippen LogP contribution < -0.4 is 5.32 Å². The Morgan fingerprint density at radius 2 is 1.89 bits per heavy atom. The highest BCUT2D eigenvalue weighted by atomic mass is 16.6. The summed E-state index contributed by atoms with van der Waals surface area (Å²) in [6.07, 6.45) is 8.07. The monoisotopic (exact) mass is 257 g/mol. The summed E-state index contributed by atoms with van der Waals surface area (Å²) in [6, 6.07) is 0. The van der Waals surface area contributed by atoms with Crippen molar-refractivity contribution < 1.29 is 14.3 Å². The number of rotatable bonds is 9. The van der Waals surface area contributed by atoms with Crippen LogP contribution in [-0.2, 0) is 14.3 Å². The maximum absolute atomic E-state index is 11.4. The average Bonchev–Trinajstić information content (AvgIpc) is 2.41. The summed E-state index contributed by atoms with van der Waals surface area (Å²) in [4.78, 5) is 11.4. The zero-order valence-electron chi connectivity index (χ0n) is 11.6. The SMILES string of the molecule is CCCCCCCOC(=O)COC1CCNCC1. The van der Waals surface area contributed by atoms with Gasteiger partial charge in [-0.2, -0.15) is 0 Å². The molecule has 1 aliphatic heterocycles. The molecule has 1 aliphatic rings. The fourth-order valence-corrected chi connectivity index (χ4v) is 2.08. The summed E-state index contributed by atoms with van der Waals surface area (Å²) in [5.74, 6) is -0.218. The van der Waals surface area contributed by atoms with E-state index < -0.39 is 0 Å². The van der Waals surface area contributed by atoms with Crippen molar-refractivity contribution in [2.24, 2.45) is 0 Å². The minimum absolute atomic E-state index is 0.111. The highest BCUT2D eigenvalue weighted by Gasteiger charge is 2.15. The van der Waals surface area contributed by atoms with Crippen LogP contribution in [0, 0.1) is 0 Å². The molecule has 1 N–H and O–H groups in total. The van der Waals surface area contributed by atoms with E-state index in [9.17, 15) is 4.79 Å². The van der Waals surface area contributed by atoms with Crippen LogP contribution in [-0.4, -0.2) is 38.4 Å². The molecule has 0 atom stereocenters. The van der Waals surface area contributed by atoms with Crippen molar-refractivity contribution in [3.8, 4) is 0 Å². The molecule has 1 heterocycles. The third-order valence-electron chi connectivity index (χ3n) is 3.23. The van der Waals surface area contributed by atoms with E-state index in [4.69, 9.17) is 9.47 Å². The second-order valence-electron chi connectivity index (χ2n) is 4.90. The number of unbranched alkanes of at least 4 members (excludes halogenated alkanes) is 4. The molecule has 0 radical (unpaired) electrons. The van der Waals surface area contributed by atoms with Crippen molar-refractivity contribution in [1.29, 1.82) is 0 Å². The molecule has 0 unspecified atom stereocenters. The van der Waals surface area contributed by atoms with Crippen LogP contribution >= 0.6 is 0 Å². The molecule has 106 valence electrons. The van der Waals surface area contributed by atoms with Crippen LogP contribution in [0.1, 0.15) is 51.9 Å². The van der Waals surface area contributed by atoms with E-state index in [0.29, 0.717) is 6.61 Å². The molecular weight excluding hydrogens is 230 g/mol. The lowest BCUT2D eigenvalue weighted by atomic mass is 10.1. The van der Waals surface area contributed by atoms with Gasteiger partial charge in [-0.15, -0.1) is 0 Å². The number of ether oxygens (including phenoxy) is 2. The van der Waals surface area contributed by atoms with Crippen molar-refractivity contribution in [2.75, 3.05) is 26.3 Å². The number of hydrogen-bond donors (Lipinski definition) is 1. The normalized spacial score (nSPS) is 16.7. The molecular formula is C14H27NO3. The van der Waals surface area contributed by atoms with Crippen molar-refractivity contribution in [3.05, 3.63) is 0 Å². The quantitative estimate of drug-likeness (QED) is 0.508. The molecule has 1 fully saturated rings. The molecule has 0 aromatic rings. The Morgan fingerprint density at radius 1 is 1.17 bits per heavy atom. The largest absolute Gasteiger partial charge is 0.464 e. The second kappa shape index (κ2) is 10.3. The Labute approximate surface area is 110 Å². The zero-order valence-corrected chi connectivity index (χ0v) is 11.6. The number of nitrogens with one attached hydrogen (secondary N) is 1. The van der Waals surface area contributed by atoms with E-state index in [-0.39, 0.29) is 18.7 Å². The van der Waals surface area contributed by atoms with Gasteiger partial charge in [0.2, 0.25) is 0 Å². The summed E-state index contributed by atoms with van der Waals surface area (Å²) in [7, 11) is 0. The predicted molar refractivity (Wildman–Crippen MR) is 71.6 cm³/mol. The van der Waals surface area contributed by atoms with Gasteiger partial charge in [0, 0.05) is 0 Å². The van der Waals surface area contributed by atoms with Crippen molar-refractivity contribution in [3.63, 3.8) is 0 Å². The van der Waals surface area contributed by atoms with E-state index in [1.54, 1.807) is 0 Å². The molecule has 0 aromatic carbocycles. The maximum Gasteiger partial charge on any atom is 0.332 e. The lowest BCUT2D eigenvalue weighted by molar-refractivity contribution is -0.151. The van der Waals surface area contributed by atoms with E-state index in [2.05, 4.69) is 12.2 Å². The maximum atomic E-state index is 11.4. The minimum atomic E-state index is -0.218. The Bertz CT molecular complexity index is 215. The summed E-state index contributed by atoms with van der Waals surface area (Å²) in [6.45, 7) is 4.81. The fourth-order valence-electron chi connectivity index (χ4n) is 2.08. The van der Waals surface area contributed by atoms with E-state index in [1.165, 1.54) is 19.3 Å². The highest BCUT2D eigenvalue weighted by molar-refractivity contribution is 5.70. The number of carbonyl (C=O) groups is 1. The van der Waals surface area contributed by atoms with Gasteiger partial charge in [0.15, 0.2) is 0 Å². The van der Waals surface area contributed by atoms with Gasteiger partial charge in [0.25, 0.3) is 0 Å². The molecule has 0 amide bonds. The van der Waals surface area contributed by atoms with Gasteiger partial charge in [0.05, 0.1) is 12.7 Å². The number of piperidine rings is 1. The average molecular weight is 257 g/mol. The molecule has 18 heavy (non-hydrogen) atoms.